The van der Waals surface area contributed by atoms with Crippen molar-refractivity contribution < 1.29 is 4.74 Å². The number of aromatic nitrogens is 2. The lowest BCUT2D eigenvalue weighted by molar-refractivity contribution is 0.340. The first-order valence-corrected chi connectivity index (χ1v) is 10.1. The summed E-state index contributed by atoms with van der Waals surface area (Å²) in [6, 6.07) is 26.1. The topological polar surface area (TPSA) is 50.8 Å². The van der Waals surface area contributed by atoms with E-state index in [2.05, 4.69) is 28.8 Å². The van der Waals surface area contributed by atoms with Crippen LogP contribution in [0.25, 0.3) is 16.7 Å². The fourth-order valence-electron chi connectivity index (χ4n) is 3.09. The zero-order valence-electron chi connectivity index (χ0n) is 15.5. The van der Waals surface area contributed by atoms with Crippen molar-refractivity contribution >= 4 is 22.8 Å². The number of ether oxygens (including phenoxy) is 1. The van der Waals surface area contributed by atoms with Crippen molar-refractivity contribution in [1.82, 2.24) is 9.55 Å². The van der Waals surface area contributed by atoms with Crippen LogP contribution in [0.3, 0.4) is 0 Å². The molecule has 0 radical (unpaired) electrons. The van der Waals surface area contributed by atoms with Gasteiger partial charge in [0.25, 0.3) is 0 Å². The molecule has 0 atom stereocenters. The highest BCUT2D eigenvalue weighted by atomic mass is 32.2. The second-order valence-electron chi connectivity index (χ2n) is 6.25. The summed E-state index contributed by atoms with van der Waals surface area (Å²) in [5, 5.41) is 10.0. The molecule has 0 spiro atoms. The molecule has 0 bridgehead atoms. The summed E-state index contributed by atoms with van der Waals surface area (Å²) in [5.74, 6) is 1.61. The minimum atomic E-state index is 0.649. The van der Waals surface area contributed by atoms with E-state index >= 15 is 0 Å². The lowest BCUT2D eigenvalue weighted by atomic mass is 10.2. The van der Waals surface area contributed by atoms with Crippen LogP contribution in [0.15, 0.2) is 78.0 Å². The van der Waals surface area contributed by atoms with Crippen LogP contribution in [-0.4, -0.2) is 16.2 Å². The Balaban J connectivity index is 1.69. The van der Waals surface area contributed by atoms with E-state index in [1.807, 2.05) is 61.5 Å². The van der Waals surface area contributed by atoms with Crippen molar-refractivity contribution in [3.8, 4) is 17.5 Å². The van der Waals surface area contributed by atoms with E-state index in [1.165, 1.54) is 0 Å². The van der Waals surface area contributed by atoms with Crippen molar-refractivity contribution in [3.05, 3.63) is 83.9 Å². The molecule has 0 unspecified atom stereocenters. The number of fused-ring (bicyclic) bond motifs is 1. The Morgan fingerprint density at radius 3 is 2.64 bits per heavy atom. The minimum absolute atomic E-state index is 0.649. The number of benzene rings is 3. The first-order valence-electron chi connectivity index (χ1n) is 9.11. The first kappa shape index (κ1) is 18.1. The first-order chi connectivity index (χ1) is 13.8. The van der Waals surface area contributed by atoms with Crippen molar-refractivity contribution in [2.75, 3.05) is 6.61 Å². The monoisotopic (exact) mass is 385 g/mol. The SMILES string of the molecule is CCOc1ccc(-n2c(SCc3cccc(C#N)c3)nc3ccccc32)cc1. The largest absolute Gasteiger partial charge is 0.494 e. The van der Waals surface area contributed by atoms with Gasteiger partial charge < -0.3 is 4.74 Å². The molecule has 28 heavy (non-hydrogen) atoms. The maximum Gasteiger partial charge on any atom is 0.174 e. The molecule has 0 amide bonds. The number of rotatable bonds is 6. The molecule has 4 rings (SSSR count). The lowest BCUT2D eigenvalue weighted by Gasteiger charge is -2.10. The molecule has 3 aromatic carbocycles. The van der Waals surface area contributed by atoms with Gasteiger partial charge >= 0.3 is 0 Å². The second-order valence-corrected chi connectivity index (χ2v) is 7.19. The molecule has 138 valence electrons. The summed E-state index contributed by atoms with van der Waals surface area (Å²) >= 11 is 1.67. The molecule has 4 nitrogen and oxygen atoms in total. The predicted molar refractivity (Wildman–Crippen MR) is 113 cm³/mol. The molecule has 0 aliphatic carbocycles. The van der Waals surface area contributed by atoms with Crippen LogP contribution in [-0.2, 0) is 5.75 Å². The molecule has 5 heteroatoms. The maximum atomic E-state index is 9.11. The summed E-state index contributed by atoms with van der Waals surface area (Å²) in [7, 11) is 0. The van der Waals surface area contributed by atoms with Crippen LogP contribution >= 0.6 is 11.8 Å². The van der Waals surface area contributed by atoms with Crippen LogP contribution in [0.5, 0.6) is 5.75 Å². The Labute approximate surface area is 168 Å². The molecule has 0 N–H and O–H groups in total. The second kappa shape index (κ2) is 8.20. The summed E-state index contributed by atoms with van der Waals surface area (Å²) in [5.41, 5.74) is 4.86. The fourth-order valence-corrected chi connectivity index (χ4v) is 4.06. The lowest BCUT2D eigenvalue weighted by Crippen LogP contribution is -1.98. The van der Waals surface area contributed by atoms with Gasteiger partial charge in [0.2, 0.25) is 0 Å². The van der Waals surface area contributed by atoms with Gasteiger partial charge in [-0.2, -0.15) is 5.26 Å². The molecule has 0 saturated heterocycles. The van der Waals surface area contributed by atoms with Gasteiger partial charge in [-0.15, -0.1) is 0 Å². The normalized spacial score (nSPS) is 10.7. The third-order valence-electron chi connectivity index (χ3n) is 4.36. The molecule has 1 heterocycles. The van der Waals surface area contributed by atoms with Gasteiger partial charge in [0.05, 0.1) is 29.3 Å². The van der Waals surface area contributed by atoms with Crippen LogP contribution in [0, 0.1) is 11.3 Å². The summed E-state index contributed by atoms with van der Waals surface area (Å²) in [6.45, 7) is 2.63. The van der Waals surface area contributed by atoms with Gasteiger partial charge in [-0.25, -0.2) is 4.98 Å². The van der Waals surface area contributed by atoms with Gasteiger partial charge in [0.15, 0.2) is 5.16 Å². The van der Waals surface area contributed by atoms with Gasteiger partial charge in [-0.1, -0.05) is 36.0 Å². The Kier molecular flexibility index (Phi) is 5.31. The predicted octanol–water partition coefficient (Wildman–Crippen LogP) is 5.59. The third kappa shape index (κ3) is 3.73. The fraction of sp³-hybridized carbons (Fsp3) is 0.130. The summed E-state index contributed by atoms with van der Waals surface area (Å²) in [4.78, 5) is 4.84. The number of hydrogen-bond acceptors (Lipinski definition) is 4. The zero-order valence-corrected chi connectivity index (χ0v) is 16.3. The van der Waals surface area contributed by atoms with Crippen LogP contribution < -0.4 is 4.74 Å². The van der Waals surface area contributed by atoms with E-state index in [0.717, 1.165) is 38.9 Å². The van der Waals surface area contributed by atoms with Gasteiger partial charge in [0.1, 0.15) is 5.75 Å². The Morgan fingerprint density at radius 2 is 1.86 bits per heavy atom. The Hall–Kier alpha value is -3.23. The van der Waals surface area contributed by atoms with E-state index in [4.69, 9.17) is 15.0 Å². The van der Waals surface area contributed by atoms with Crippen LogP contribution in [0.2, 0.25) is 0 Å². The molecule has 0 fully saturated rings. The van der Waals surface area contributed by atoms with Crippen LogP contribution in [0.4, 0.5) is 0 Å². The number of nitrogens with zero attached hydrogens (tertiary/aromatic N) is 3. The number of imidazole rings is 1. The van der Waals surface area contributed by atoms with Crippen molar-refractivity contribution in [3.63, 3.8) is 0 Å². The molecular formula is C23H19N3OS. The van der Waals surface area contributed by atoms with Crippen LogP contribution in [0.1, 0.15) is 18.1 Å². The number of thioether (sulfide) groups is 1. The van der Waals surface area contributed by atoms with E-state index in [1.54, 1.807) is 11.8 Å². The summed E-state index contributed by atoms with van der Waals surface area (Å²) < 4.78 is 7.74. The molecule has 0 saturated carbocycles. The van der Waals surface area contributed by atoms with E-state index in [9.17, 15) is 0 Å². The number of para-hydroxylation sites is 2. The number of nitriles is 1. The average molecular weight is 385 g/mol. The summed E-state index contributed by atoms with van der Waals surface area (Å²) in [6.07, 6.45) is 0. The Morgan fingerprint density at radius 1 is 1.04 bits per heavy atom. The highest BCUT2D eigenvalue weighted by molar-refractivity contribution is 7.98. The van der Waals surface area contributed by atoms with Crippen molar-refractivity contribution in [1.29, 1.82) is 5.26 Å². The molecule has 0 aliphatic heterocycles. The third-order valence-corrected chi connectivity index (χ3v) is 5.37. The molecule has 1 aromatic heterocycles. The highest BCUT2D eigenvalue weighted by Gasteiger charge is 2.13. The maximum absolute atomic E-state index is 9.11. The molecular weight excluding hydrogens is 366 g/mol. The highest BCUT2D eigenvalue weighted by Crippen LogP contribution is 2.30. The smallest absolute Gasteiger partial charge is 0.174 e. The van der Waals surface area contributed by atoms with Gasteiger partial charge in [-0.05, 0) is 61.0 Å². The van der Waals surface area contributed by atoms with Gasteiger partial charge in [0, 0.05) is 11.4 Å². The minimum Gasteiger partial charge on any atom is -0.494 e. The average Bonchev–Trinajstić information content (AvgIpc) is 3.12. The quantitative estimate of drug-likeness (QED) is 0.406. The standard InChI is InChI=1S/C23H19N3OS/c1-2-27-20-12-10-19(11-13-20)26-22-9-4-3-8-21(22)25-23(26)28-16-18-7-5-6-17(14-18)15-24/h3-14H,2,16H2,1H3. The van der Waals surface area contributed by atoms with Crippen molar-refractivity contribution in [2.45, 2.75) is 17.8 Å². The van der Waals surface area contributed by atoms with E-state index in [-0.39, 0.29) is 0 Å². The molecule has 0 aliphatic rings. The number of hydrogen-bond donors (Lipinski definition) is 0. The van der Waals surface area contributed by atoms with Gasteiger partial charge in [-0.3, -0.25) is 4.57 Å². The van der Waals surface area contributed by atoms with E-state index in [0.29, 0.717) is 12.2 Å². The van der Waals surface area contributed by atoms with E-state index < -0.39 is 0 Å². The van der Waals surface area contributed by atoms with Crippen molar-refractivity contribution in [2.24, 2.45) is 0 Å². The zero-order chi connectivity index (χ0) is 19.3. The Bertz CT molecular complexity index is 1140. The molecule has 4 aromatic rings.